The predicted molar refractivity (Wildman–Crippen MR) is 74.2 cm³/mol. The molecule has 0 N–H and O–H groups in total. The molecule has 0 amide bonds. The molecule has 0 aliphatic rings. The average Bonchev–Trinajstić information content (AvgIpc) is 2.40. The molecule has 0 aliphatic heterocycles. The van der Waals surface area contributed by atoms with Crippen LogP contribution in [0, 0.1) is 11.3 Å². The number of nitrogens with zero attached hydrogens (tertiary/aromatic N) is 1. The molecule has 0 saturated carbocycles. The summed E-state index contributed by atoms with van der Waals surface area (Å²) in [4.78, 5) is 0. The molecule has 0 saturated heterocycles. The molecule has 2 aromatic rings. The molecule has 0 spiro atoms. The minimum Gasteiger partial charge on any atom is -0.489 e. The smallest absolute Gasteiger partial charge is 0.119 e. The van der Waals surface area contributed by atoms with Crippen molar-refractivity contribution >= 4 is 15.9 Å². The summed E-state index contributed by atoms with van der Waals surface area (Å²) in [6, 6.07) is 17.7. The molecule has 0 aromatic heterocycles. The highest BCUT2D eigenvalue weighted by atomic mass is 79.9. The van der Waals surface area contributed by atoms with Crippen LogP contribution in [0.4, 0.5) is 0 Å². The molecule has 3 heteroatoms. The average molecular weight is 302 g/mol. The highest BCUT2D eigenvalue weighted by Gasteiger charge is 2.00. The van der Waals surface area contributed by atoms with E-state index >= 15 is 0 Å². The van der Waals surface area contributed by atoms with E-state index < -0.39 is 0 Å². The highest BCUT2D eigenvalue weighted by Crippen LogP contribution is 2.19. The van der Waals surface area contributed by atoms with Crippen LogP contribution in [0.25, 0.3) is 0 Å². The summed E-state index contributed by atoms with van der Waals surface area (Å²) in [5, 5.41) is 8.59. The minimum absolute atomic E-state index is 0.435. The van der Waals surface area contributed by atoms with Crippen molar-refractivity contribution in [2.75, 3.05) is 0 Å². The van der Waals surface area contributed by atoms with E-state index in [0.29, 0.717) is 13.0 Å². The molecular weight excluding hydrogens is 290 g/mol. The summed E-state index contributed by atoms with van der Waals surface area (Å²) in [5.41, 5.74) is 2.12. The van der Waals surface area contributed by atoms with Gasteiger partial charge in [0.1, 0.15) is 12.4 Å². The maximum atomic E-state index is 8.59. The fourth-order valence-electron chi connectivity index (χ4n) is 1.57. The van der Waals surface area contributed by atoms with Gasteiger partial charge < -0.3 is 4.74 Å². The molecule has 90 valence electrons. The number of benzene rings is 2. The number of hydrogen-bond acceptors (Lipinski definition) is 2. The zero-order valence-corrected chi connectivity index (χ0v) is 11.4. The summed E-state index contributed by atoms with van der Waals surface area (Å²) in [6.45, 7) is 0.527. The Kier molecular flexibility index (Phi) is 4.38. The lowest BCUT2D eigenvalue weighted by molar-refractivity contribution is 0.305. The summed E-state index contributed by atoms with van der Waals surface area (Å²) >= 11 is 3.49. The number of halogens is 1. The van der Waals surface area contributed by atoms with E-state index in [1.54, 1.807) is 0 Å². The van der Waals surface area contributed by atoms with Gasteiger partial charge in [-0.25, -0.2) is 0 Å². The van der Waals surface area contributed by atoms with Crippen LogP contribution >= 0.6 is 15.9 Å². The molecule has 0 fully saturated rings. The molecule has 0 radical (unpaired) electrons. The van der Waals surface area contributed by atoms with Gasteiger partial charge in [0.2, 0.25) is 0 Å². The maximum absolute atomic E-state index is 8.59. The van der Waals surface area contributed by atoms with Gasteiger partial charge in [-0.2, -0.15) is 5.26 Å². The van der Waals surface area contributed by atoms with E-state index in [0.717, 1.165) is 21.3 Å². The standard InChI is InChI=1S/C15H12BrNO/c16-15-4-2-1-3-13(15)11-18-14-7-5-12(6-8-14)9-10-17/h1-8H,9,11H2. The van der Waals surface area contributed by atoms with E-state index in [-0.39, 0.29) is 0 Å². The van der Waals surface area contributed by atoms with E-state index in [1.165, 1.54) is 0 Å². The molecule has 0 atom stereocenters. The van der Waals surface area contributed by atoms with Crippen LogP contribution in [0.1, 0.15) is 11.1 Å². The lowest BCUT2D eigenvalue weighted by Gasteiger charge is -2.08. The molecule has 2 rings (SSSR count). The third-order valence-corrected chi connectivity index (χ3v) is 3.33. The number of nitriles is 1. The van der Waals surface area contributed by atoms with Crippen molar-refractivity contribution in [1.82, 2.24) is 0 Å². The van der Waals surface area contributed by atoms with Crippen LogP contribution in [0.3, 0.4) is 0 Å². The van der Waals surface area contributed by atoms with Gasteiger partial charge in [0, 0.05) is 10.0 Å². The van der Waals surface area contributed by atoms with Crippen molar-refractivity contribution in [2.24, 2.45) is 0 Å². The second-order valence-electron chi connectivity index (χ2n) is 3.86. The summed E-state index contributed by atoms with van der Waals surface area (Å²) in [5.74, 6) is 0.812. The van der Waals surface area contributed by atoms with Gasteiger partial charge >= 0.3 is 0 Å². The molecule has 0 heterocycles. The number of hydrogen-bond donors (Lipinski definition) is 0. The third-order valence-electron chi connectivity index (χ3n) is 2.56. The Hall–Kier alpha value is -1.79. The summed E-state index contributed by atoms with van der Waals surface area (Å²) < 4.78 is 6.74. The van der Waals surface area contributed by atoms with Gasteiger partial charge in [0.25, 0.3) is 0 Å². The summed E-state index contributed by atoms with van der Waals surface area (Å²) in [6.07, 6.45) is 0.435. The van der Waals surface area contributed by atoms with Gasteiger partial charge in [-0.1, -0.05) is 46.3 Å². The van der Waals surface area contributed by atoms with E-state index in [2.05, 4.69) is 22.0 Å². The van der Waals surface area contributed by atoms with Crippen molar-refractivity contribution in [2.45, 2.75) is 13.0 Å². The van der Waals surface area contributed by atoms with Gasteiger partial charge in [-0.05, 0) is 23.8 Å². The van der Waals surface area contributed by atoms with Crippen molar-refractivity contribution in [1.29, 1.82) is 5.26 Å². The van der Waals surface area contributed by atoms with E-state index in [9.17, 15) is 0 Å². The topological polar surface area (TPSA) is 33.0 Å². The first-order chi connectivity index (χ1) is 8.79. The lowest BCUT2D eigenvalue weighted by atomic mass is 10.2. The van der Waals surface area contributed by atoms with Crippen LogP contribution in [-0.2, 0) is 13.0 Å². The SMILES string of the molecule is N#CCc1ccc(OCc2ccccc2Br)cc1. The lowest BCUT2D eigenvalue weighted by Crippen LogP contribution is -1.96. The normalized spacial score (nSPS) is 9.78. The van der Waals surface area contributed by atoms with Crippen molar-refractivity contribution in [3.63, 3.8) is 0 Å². The molecule has 2 nitrogen and oxygen atoms in total. The van der Waals surface area contributed by atoms with Crippen LogP contribution in [0.2, 0.25) is 0 Å². The molecule has 0 bridgehead atoms. The molecule has 0 aliphatic carbocycles. The Morgan fingerprint density at radius 1 is 1.06 bits per heavy atom. The van der Waals surface area contributed by atoms with Gasteiger partial charge in [-0.15, -0.1) is 0 Å². The molecule has 18 heavy (non-hydrogen) atoms. The van der Waals surface area contributed by atoms with E-state index in [1.807, 2.05) is 48.5 Å². The molecular formula is C15H12BrNO. The van der Waals surface area contributed by atoms with Crippen LogP contribution in [-0.4, -0.2) is 0 Å². The first-order valence-corrected chi connectivity index (χ1v) is 6.41. The zero-order valence-electron chi connectivity index (χ0n) is 9.77. The van der Waals surface area contributed by atoms with Crippen LogP contribution in [0.15, 0.2) is 53.0 Å². The number of rotatable bonds is 4. The zero-order chi connectivity index (χ0) is 12.8. The van der Waals surface area contributed by atoms with Crippen molar-refractivity contribution in [3.05, 3.63) is 64.1 Å². The molecule has 0 unspecified atom stereocenters. The Balaban J connectivity index is 1.98. The third kappa shape index (κ3) is 3.35. The Labute approximate surface area is 115 Å². The predicted octanol–water partition coefficient (Wildman–Crippen LogP) is 4.09. The van der Waals surface area contributed by atoms with E-state index in [4.69, 9.17) is 10.00 Å². The van der Waals surface area contributed by atoms with Crippen molar-refractivity contribution in [3.8, 4) is 11.8 Å². The fourth-order valence-corrected chi connectivity index (χ4v) is 1.97. The largest absolute Gasteiger partial charge is 0.489 e. The fraction of sp³-hybridized carbons (Fsp3) is 0.133. The molecule has 2 aromatic carbocycles. The highest BCUT2D eigenvalue weighted by molar-refractivity contribution is 9.10. The first kappa shape index (κ1) is 12.7. The van der Waals surface area contributed by atoms with Gasteiger partial charge in [0.05, 0.1) is 12.5 Å². The minimum atomic E-state index is 0.435. The monoisotopic (exact) mass is 301 g/mol. The Bertz CT molecular complexity index is 557. The van der Waals surface area contributed by atoms with Gasteiger partial charge in [0.15, 0.2) is 0 Å². The maximum Gasteiger partial charge on any atom is 0.119 e. The summed E-state index contributed by atoms with van der Waals surface area (Å²) in [7, 11) is 0. The second kappa shape index (κ2) is 6.23. The first-order valence-electron chi connectivity index (χ1n) is 5.61. The number of ether oxygens (including phenoxy) is 1. The quantitative estimate of drug-likeness (QED) is 0.852. The van der Waals surface area contributed by atoms with Crippen LogP contribution < -0.4 is 4.74 Å². The Morgan fingerprint density at radius 3 is 2.44 bits per heavy atom. The van der Waals surface area contributed by atoms with Crippen molar-refractivity contribution < 1.29 is 4.74 Å². The Morgan fingerprint density at radius 2 is 1.78 bits per heavy atom. The second-order valence-corrected chi connectivity index (χ2v) is 4.71. The van der Waals surface area contributed by atoms with Gasteiger partial charge in [-0.3, -0.25) is 0 Å². The van der Waals surface area contributed by atoms with Crippen LogP contribution in [0.5, 0.6) is 5.75 Å².